The van der Waals surface area contributed by atoms with Crippen molar-refractivity contribution in [3.63, 3.8) is 0 Å². The zero-order chi connectivity index (χ0) is 16.4. The molecule has 118 valence electrons. The SMILES string of the molecule is OCc1cccc(-c2cc3c(Nc4ccncc4)ncnn3c2)c1. The number of fused-ring (bicyclic) bond motifs is 1. The maximum Gasteiger partial charge on any atom is 0.158 e. The van der Waals surface area contributed by atoms with Gasteiger partial charge >= 0.3 is 0 Å². The number of aromatic nitrogens is 4. The standard InChI is InChI=1S/C18H15N5O/c24-11-13-2-1-3-14(8-13)15-9-17-18(20-12-21-23(17)10-15)22-16-4-6-19-7-5-16/h1-10,12,24H,11H2,(H,19,20,21,22). The minimum absolute atomic E-state index is 0.0237. The van der Waals surface area contributed by atoms with E-state index in [0.29, 0.717) is 0 Å². The highest BCUT2D eigenvalue weighted by molar-refractivity contribution is 5.79. The van der Waals surface area contributed by atoms with Gasteiger partial charge in [0.2, 0.25) is 0 Å². The molecule has 6 heteroatoms. The second-order valence-corrected chi connectivity index (χ2v) is 5.39. The molecular formula is C18H15N5O. The average molecular weight is 317 g/mol. The first kappa shape index (κ1) is 14.3. The number of pyridine rings is 1. The number of nitrogens with one attached hydrogen (secondary N) is 1. The molecule has 24 heavy (non-hydrogen) atoms. The molecule has 0 bridgehead atoms. The van der Waals surface area contributed by atoms with E-state index in [1.54, 1.807) is 16.9 Å². The molecular weight excluding hydrogens is 302 g/mol. The first-order chi connectivity index (χ1) is 11.8. The van der Waals surface area contributed by atoms with Crippen molar-refractivity contribution < 1.29 is 5.11 Å². The Morgan fingerprint density at radius 2 is 1.92 bits per heavy atom. The van der Waals surface area contributed by atoms with Crippen molar-refractivity contribution in [3.8, 4) is 11.1 Å². The molecule has 0 aliphatic carbocycles. The summed E-state index contributed by atoms with van der Waals surface area (Å²) in [6.07, 6.45) is 6.92. The van der Waals surface area contributed by atoms with E-state index in [1.165, 1.54) is 6.33 Å². The summed E-state index contributed by atoms with van der Waals surface area (Å²) in [5.74, 6) is 0.723. The van der Waals surface area contributed by atoms with E-state index in [-0.39, 0.29) is 6.61 Å². The second kappa shape index (κ2) is 6.10. The van der Waals surface area contributed by atoms with Crippen molar-refractivity contribution >= 4 is 17.0 Å². The van der Waals surface area contributed by atoms with Gasteiger partial charge in [0.15, 0.2) is 5.82 Å². The summed E-state index contributed by atoms with van der Waals surface area (Å²) in [6.45, 7) is 0.0237. The number of benzene rings is 1. The zero-order valence-electron chi connectivity index (χ0n) is 12.8. The van der Waals surface area contributed by atoms with E-state index in [0.717, 1.165) is 33.7 Å². The van der Waals surface area contributed by atoms with Gasteiger partial charge in [-0.25, -0.2) is 9.50 Å². The molecule has 0 amide bonds. The predicted octanol–water partition coefficient (Wildman–Crippen LogP) is 3.03. The highest BCUT2D eigenvalue weighted by atomic mass is 16.3. The van der Waals surface area contributed by atoms with Gasteiger partial charge in [0.25, 0.3) is 0 Å². The summed E-state index contributed by atoms with van der Waals surface area (Å²) in [4.78, 5) is 8.35. The Morgan fingerprint density at radius 3 is 2.75 bits per heavy atom. The van der Waals surface area contributed by atoms with Crippen LogP contribution in [0.5, 0.6) is 0 Å². The number of hydrogen-bond acceptors (Lipinski definition) is 5. The Bertz CT molecular complexity index is 981. The molecule has 0 atom stereocenters. The van der Waals surface area contributed by atoms with Crippen LogP contribution < -0.4 is 5.32 Å². The lowest BCUT2D eigenvalue weighted by atomic mass is 10.1. The first-order valence-electron chi connectivity index (χ1n) is 7.54. The third kappa shape index (κ3) is 2.70. The normalized spacial score (nSPS) is 10.9. The van der Waals surface area contributed by atoms with Gasteiger partial charge in [-0.1, -0.05) is 18.2 Å². The lowest BCUT2D eigenvalue weighted by Crippen LogP contribution is -1.99. The average Bonchev–Trinajstić information content (AvgIpc) is 3.08. The van der Waals surface area contributed by atoms with E-state index < -0.39 is 0 Å². The third-order valence-electron chi connectivity index (χ3n) is 3.79. The molecule has 6 nitrogen and oxygen atoms in total. The lowest BCUT2D eigenvalue weighted by Gasteiger charge is -2.05. The number of aliphatic hydroxyl groups is 1. The Kier molecular flexibility index (Phi) is 3.64. The van der Waals surface area contributed by atoms with Crippen LogP contribution in [0.3, 0.4) is 0 Å². The van der Waals surface area contributed by atoms with Crippen LogP contribution in [0.4, 0.5) is 11.5 Å². The van der Waals surface area contributed by atoms with Crippen molar-refractivity contribution in [1.29, 1.82) is 0 Å². The van der Waals surface area contributed by atoms with Crippen molar-refractivity contribution in [2.45, 2.75) is 6.61 Å². The molecule has 4 rings (SSSR count). The molecule has 3 aromatic heterocycles. The largest absolute Gasteiger partial charge is 0.392 e. The van der Waals surface area contributed by atoms with Crippen LogP contribution in [0.25, 0.3) is 16.6 Å². The summed E-state index contributed by atoms with van der Waals surface area (Å²) in [5, 5.41) is 16.9. The zero-order valence-corrected chi connectivity index (χ0v) is 12.8. The smallest absolute Gasteiger partial charge is 0.158 e. The van der Waals surface area contributed by atoms with Crippen LogP contribution in [-0.4, -0.2) is 24.7 Å². The number of hydrogen-bond donors (Lipinski definition) is 2. The molecule has 3 heterocycles. The fraction of sp³-hybridized carbons (Fsp3) is 0.0556. The topological polar surface area (TPSA) is 75.3 Å². The molecule has 4 aromatic rings. The fourth-order valence-corrected chi connectivity index (χ4v) is 2.61. The molecule has 1 aromatic carbocycles. The fourth-order valence-electron chi connectivity index (χ4n) is 2.61. The molecule has 2 N–H and O–H groups in total. The van der Waals surface area contributed by atoms with Crippen LogP contribution in [0.15, 0.2) is 67.4 Å². The van der Waals surface area contributed by atoms with Crippen molar-refractivity contribution in [1.82, 2.24) is 19.6 Å². The summed E-state index contributed by atoms with van der Waals surface area (Å²) >= 11 is 0. The van der Waals surface area contributed by atoms with Gasteiger partial charge < -0.3 is 10.4 Å². The van der Waals surface area contributed by atoms with Gasteiger partial charge in [-0.15, -0.1) is 0 Å². The van der Waals surface area contributed by atoms with Gasteiger partial charge in [-0.2, -0.15) is 5.10 Å². The number of rotatable bonds is 4. The number of anilines is 2. The lowest BCUT2D eigenvalue weighted by molar-refractivity contribution is 0.282. The molecule has 0 unspecified atom stereocenters. The van der Waals surface area contributed by atoms with E-state index in [9.17, 15) is 5.11 Å². The summed E-state index contributed by atoms with van der Waals surface area (Å²) in [6, 6.07) is 13.6. The summed E-state index contributed by atoms with van der Waals surface area (Å²) in [5.41, 5.74) is 4.71. The molecule has 0 aliphatic rings. The second-order valence-electron chi connectivity index (χ2n) is 5.39. The van der Waals surface area contributed by atoms with Crippen molar-refractivity contribution in [2.75, 3.05) is 5.32 Å². The number of aliphatic hydroxyl groups excluding tert-OH is 1. The van der Waals surface area contributed by atoms with Crippen LogP contribution >= 0.6 is 0 Å². The van der Waals surface area contributed by atoms with Gasteiger partial charge in [-0.3, -0.25) is 4.98 Å². The van der Waals surface area contributed by atoms with E-state index in [2.05, 4.69) is 20.4 Å². The maximum atomic E-state index is 9.31. The minimum Gasteiger partial charge on any atom is -0.392 e. The number of nitrogens with zero attached hydrogens (tertiary/aromatic N) is 4. The Hall–Kier alpha value is -3.25. The predicted molar refractivity (Wildman–Crippen MR) is 91.9 cm³/mol. The molecule has 0 aliphatic heterocycles. The summed E-state index contributed by atoms with van der Waals surface area (Å²) in [7, 11) is 0. The summed E-state index contributed by atoms with van der Waals surface area (Å²) < 4.78 is 1.79. The van der Waals surface area contributed by atoms with Gasteiger partial charge in [-0.05, 0) is 35.4 Å². The highest BCUT2D eigenvalue weighted by Gasteiger charge is 2.09. The first-order valence-corrected chi connectivity index (χ1v) is 7.54. The van der Waals surface area contributed by atoms with Gasteiger partial charge in [0.05, 0.1) is 6.61 Å². The molecule has 0 fully saturated rings. The van der Waals surface area contributed by atoms with Crippen LogP contribution in [-0.2, 0) is 6.61 Å². The highest BCUT2D eigenvalue weighted by Crippen LogP contribution is 2.27. The van der Waals surface area contributed by atoms with Crippen LogP contribution in [0, 0.1) is 0 Å². The van der Waals surface area contributed by atoms with Crippen molar-refractivity contribution in [3.05, 3.63) is 72.9 Å². The van der Waals surface area contributed by atoms with Gasteiger partial charge in [0.1, 0.15) is 11.8 Å². The van der Waals surface area contributed by atoms with E-state index >= 15 is 0 Å². The quantitative estimate of drug-likeness (QED) is 0.605. The van der Waals surface area contributed by atoms with E-state index in [4.69, 9.17) is 0 Å². The van der Waals surface area contributed by atoms with Crippen LogP contribution in [0.1, 0.15) is 5.56 Å². The van der Waals surface area contributed by atoms with Gasteiger partial charge in [0, 0.05) is 29.8 Å². The Morgan fingerprint density at radius 1 is 1.04 bits per heavy atom. The Balaban J connectivity index is 1.76. The molecule has 0 saturated carbocycles. The van der Waals surface area contributed by atoms with Crippen LogP contribution in [0.2, 0.25) is 0 Å². The molecule has 0 saturated heterocycles. The third-order valence-corrected chi connectivity index (χ3v) is 3.79. The monoisotopic (exact) mass is 317 g/mol. The van der Waals surface area contributed by atoms with E-state index in [1.807, 2.05) is 48.7 Å². The van der Waals surface area contributed by atoms with Crippen molar-refractivity contribution in [2.24, 2.45) is 0 Å². The maximum absolute atomic E-state index is 9.31. The minimum atomic E-state index is 0.0237. The molecule has 0 radical (unpaired) electrons. The Labute approximate surface area is 138 Å². The molecule has 0 spiro atoms.